The first kappa shape index (κ1) is 13.5. The van der Waals surface area contributed by atoms with Crippen LogP contribution in [0, 0.1) is 5.92 Å². The van der Waals surface area contributed by atoms with Crippen LogP contribution in [0.4, 0.5) is 0 Å². The Morgan fingerprint density at radius 3 is 2.94 bits per heavy atom. The topological polar surface area (TPSA) is 49.8 Å². The molecule has 0 aromatic rings. The number of ether oxygens (including phenoxy) is 1. The standard InChI is InChI=1S/C12H23NO3/c1-10(2)8-11-9-16-7-6-13(11)5-3-4-12(14)15/h10-11H,3-9H2,1-2H3,(H,14,15)/t11-/m0/s1. The first-order chi connectivity index (χ1) is 7.59. The van der Waals surface area contributed by atoms with E-state index >= 15 is 0 Å². The van der Waals surface area contributed by atoms with E-state index in [1.54, 1.807) is 0 Å². The van der Waals surface area contributed by atoms with Crippen molar-refractivity contribution in [3.8, 4) is 0 Å². The zero-order chi connectivity index (χ0) is 12.0. The maximum atomic E-state index is 10.5. The summed E-state index contributed by atoms with van der Waals surface area (Å²) in [5.74, 6) is -0.0395. The van der Waals surface area contributed by atoms with E-state index in [-0.39, 0.29) is 6.42 Å². The van der Waals surface area contributed by atoms with Crippen LogP contribution in [0.15, 0.2) is 0 Å². The molecule has 1 atom stereocenters. The summed E-state index contributed by atoms with van der Waals surface area (Å²) >= 11 is 0. The summed E-state index contributed by atoms with van der Waals surface area (Å²) in [6.45, 7) is 7.82. The lowest BCUT2D eigenvalue weighted by atomic mass is 10.0. The number of hydrogen-bond acceptors (Lipinski definition) is 3. The third-order valence-corrected chi connectivity index (χ3v) is 2.93. The molecule has 94 valence electrons. The molecule has 16 heavy (non-hydrogen) atoms. The van der Waals surface area contributed by atoms with Gasteiger partial charge >= 0.3 is 5.97 Å². The van der Waals surface area contributed by atoms with Crippen molar-refractivity contribution >= 4 is 5.97 Å². The van der Waals surface area contributed by atoms with Gasteiger partial charge in [-0.05, 0) is 25.3 Å². The van der Waals surface area contributed by atoms with Gasteiger partial charge in [0.05, 0.1) is 13.2 Å². The second-order valence-electron chi connectivity index (χ2n) is 4.89. The molecule has 1 saturated heterocycles. The zero-order valence-electron chi connectivity index (χ0n) is 10.3. The SMILES string of the molecule is CC(C)C[C@H]1COCCN1CCCC(=O)O. The number of morpholine rings is 1. The van der Waals surface area contributed by atoms with Gasteiger partial charge in [-0.25, -0.2) is 0 Å². The van der Waals surface area contributed by atoms with E-state index in [0.717, 1.165) is 39.1 Å². The molecule has 0 bridgehead atoms. The van der Waals surface area contributed by atoms with E-state index in [9.17, 15) is 4.79 Å². The van der Waals surface area contributed by atoms with Crippen molar-refractivity contribution in [1.29, 1.82) is 0 Å². The minimum atomic E-state index is -0.700. The minimum absolute atomic E-state index is 0.270. The number of nitrogens with zero attached hydrogens (tertiary/aromatic N) is 1. The van der Waals surface area contributed by atoms with E-state index in [1.807, 2.05) is 0 Å². The lowest BCUT2D eigenvalue weighted by molar-refractivity contribution is -0.137. The van der Waals surface area contributed by atoms with Gasteiger partial charge < -0.3 is 9.84 Å². The Labute approximate surface area is 97.6 Å². The van der Waals surface area contributed by atoms with Crippen LogP contribution in [0.5, 0.6) is 0 Å². The third-order valence-electron chi connectivity index (χ3n) is 2.93. The Kier molecular flexibility index (Phi) is 5.77. The smallest absolute Gasteiger partial charge is 0.303 e. The monoisotopic (exact) mass is 229 g/mol. The van der Waals surface area contributed by atoms with Crippen molar-refractivity contribution in [3.63, 3.8) is 0 Å². The van der Waals surface area contributed by atoms with Crippen LogP contribution in [0.3, 0.4) is 0 Å². The van der Waals surface area contributed by atoms with Gasteiger partial charge in [0.25, 0.3) is 0 Å². The van der Waals surface area contributed by atoms with E-state index in [0.29, 0.717) is 12.0 Å². The quantitative estimate of drug-likeness (QED) is 0.751. The number of carboxylic acid groups (broad SMARTS) is 1. The normalized spacial score (nSPS) is 22.6. The molecule has 1 fully saturated rings. The van der Waals surface area contributed by atoms with Crippen molar-refractivity contribution in [1.82, 2.24) is 4.90 Å². The van der Waals surface area contributed by atoms with E-state index in [4.69, 9.17) is 9.84 Å². The minimum Gasteiger partial charge on any atom is -0.481 e. The summed E-state index contributed by atoms with van der Waals surface area (Å²) in [4.78, 5) is 12.8. The van der Waals surface area contributed by atoms with E-state index < -0.39 is 5.97 Å². The Morgan fingerprint density at radius 2 is 2.31 bits per heavy atom. The fourth-order valence-electron chi connectivity index (χ4n) is 2.18. The number of rotatable bonds is 6. The first-order valence-corrected chi connectivity index (χ1v) is 6.13. The van der Waals surface area contributed by atoms with Gasteiger partial charge in [0.15, 0.2) is 0 Å². The average molecular weight is 229 g/mol. The number of hydrogen-bond donors (Lipinski definition) is 1. The lowest BCUT2D eigenvalue weighted by Gasteiger charge is -2.36. The summed E-state index contributed by atoms with van der Waals surface area (Å²) in [7, 11) is 0. The Hall–Kier alpha value is -0.610. The zero-order valence-corrected chi connectivity index (χ0v) is 10.3. The molecule has 0 unspecified atom stereocenters. The predicted molar refractivity (Wildman–Crippen MR) is 62.5 cm³/mol. The Morgan fingerprint density at radius 1 is 1.56 bits per heavy atom. The molecule has 0 aromatic carbocycles. The molecule has 1 aliphatic heterocycles. The molecule has 0 aromatic heterocycles. The van der Waals surface area contributed by atoms with E-state index in [2.05, 4.69) is 18.7 Å². The number of carbonyl (C=O) groups is 1. The maximum Gasteiger partial charge on any atom is 0.303 e. The van der Waals surface area contributed by atoms with E-state index in [1.165, 1.54) is 0 Å². The molecule has 1 heterocycles. The summed E-state index contributed by atoms with van der Waals surface area (Å²) in [6, 6.07) is 0.475. The van der Waals surface area contributed by atoms with Crippen LogP contribution in [-0.2, 0) is 9.53 Å². The van der Waals surface area contributed by atoms with Gasteiger partial charge in [-0.3, -0.25) is 9.69 Å². The van der Waals surface area contributed by atoms with Crippen LogP contribution in [-0.4, -0.2) is 48.3 Å². The van der Waals surface area contributed by atoms with Crippen molar-refractivity contribution in [2.24, 2.45) is 5.92 Å². The highest BCUT2D eigenvalue weighted by Gasteiger charge is 2.23. The largest absolute Gasteiger partial charge is 0.481 e. The third kappa shape index (κ3) is 4.94. The van der Waals surface area contributed by atoms with Crippen LogP contribution in [0.2, 0.25) is 0 Å². The molecule has 1 aliphatic rings. The second kappa shape index (κ2) is 6.86. The highest BCUT2D eigenvalue weighted by atomic mass is 16.5. The highest BCUT2D eigenvalue weighted by molar-refractivity contribution is 5.66. The van der Waals surface area contributed by atoms with Crippen LogP contribution < -0.4 is 0 Å². The van der Waals surface area contributed by atoms with Gasteiger partial charge in [0.1, 0.15) is 0 Å². The summed E-state index contributed by atoms with van der Waals surface area (Å²) in [5, 5.41) is 8.61. The Balaban J connectivity index is 2.31. The molecule has 0 saturated carbocycles. The molecule has 1 rings (SSSR count). The number of aliphatic carboxylic acids is 1. The van der Waals surface area contributed by atoms with Gasteiger partial charge in [0, 0.05) is 19.0 Å². The molecule has 1 N–H and O–H groups in total. The van der Waals surface area contributed by atoms with Gasteiger partial charge in [-0.1, -0.05) is 13.8 Å². The molecule has 0 aliphatic carbocycles. The fourth-order valence-corrected chi connectivity index (χ4v) is 2.18. The molecule has 4 nitrogen and oxygen atoms in total. The molecule has 0 amide bonds. The van der Waals surface area contributed by atoms with Crippen molar-refractivity contribution in [3.05, 3.63) is 0 Å². The maximum absolute atomic E-state index is 10.5. The van der Waals surface area contributed by atoms with Crippen molar-refractivity contribution in [2.45, 2.75) is 39.2 Å². The van der Waals surface area contributed by atoms with Gasteiger partial charge in [-0.15, -0.1) is 0 Å². The van der Waals surface area contributed by atoms with Crippen LogP contribution >= 0.6 is 0 Å². The summed E-state index contributed by atoms with van der Waals surface area (Å²) in [5.41, 5.74) is 0. The highest BCUT2D eigenvalue weighted by Crippen LogP contribution is 2.16. The molecular formula is C12H23NO3. The Bertz CT molecular complexity index is 218. The predicted octanol–water partition coefficient (Wildman–Crippen LogP) is 1.60. The van der Waals surface area contributed by atoms with Gasteiger partial charge in [0.2, 0.25) is 0 Å². The second-order valence-corrected chi connectivity index (χ2v) is 4.89. The molecule has 0 radical (unpaired) electrons. The van der Waals surface area contributed by atoms with Crippen molar-refractivity contribution in [2.75, 3.05) is 26.3 Å². The summed E-state index contributed by atoms with van der Waals surface area (Å²) in [6.07, 6.45) is 2.14. The average Bonchev–Trinajstić information content (AvgIpc) is 2.19. The van der Waals surface area contributed by atoms with Gasteiger partial charge in [-0.2, -0.15) is 0 Å². The molecular weight excluding hydrogens is 206 g/mol. The fraction of sp³-hybridized carbons (Fsp3) is 0.917. The molecule has 0 spiro atoms. The summed E-state index contributed by atoms with van der Waals surface area (Å²) < 4.78 is 5.48. The van der Waals surface area contributed by atoms with Crippen molar-refractivity contribution < 1.29 is 14.6 Å². The lowest BCUT2D eigenvalue weighted by Crippen LogP contribution is -2.46. The molecule has 4 heteroatoms. The van der Waals surface area contributed by atoms with Crippen LogP contribution in [0.1, 0.15) is 33.1 Å². The van der Waals surface area contributed by atoms with Crippen LogP contribution in [0.25, 0.3) is 0 Å². The first-order valence-electron chi connectivity index (χ1n) is 6.13. The number of carboxylic acids is 1.